The van der Waals surface area contributed by atoms with Crippen molar-refractivity contribution in [2.24, 2.45) is 0 Å². The number of rotatable bonds is 8. The normalized spacial score (nSPS) is 20.9. The highest BCUT2D eigenvalue weighted by Crippen LogP contribution is 2.39. The lowest BCUT2D eigenvalue weighted by Crippen LogP contribution is -2.37. The lowest BCUT2D eigenvalue weighted by Gasteiger charge is -2.28. The number of halogens is 3. The van der Waals surface area contributed by atoms with Crippen LogP contribution in [0, 0.1) is 0 Å². The third-order valence-electron chi connectivity index (χ3n) is 5.04. The van der Waals surface area contributed by atoms with Crippen molar-refractivity contribution in [3.8, 4) is 0 Å². The van der Waals surface area contributed by atoms with E-state index in [0.717, 1.165) is 16.3 Å². The average molecular weight is 499 g/mol. The molecular weight excluding hydrogens is 477 g/mol. The molecule has 0 amide bonds. The Labute approximate surface area is 200 Å². The highest BCUT2D eigenvalue weighted by molar-refractivity contribution is 7.99. The van der Waals surface area contributed by atoms with E-state index in [0.29, 0.717) is 41.1 Å². The molecule has 1 aliphatic heterocycles. The lowest BCUT2D eigenvalue weighted by molar-refractivity contribution is -0.180. The number of hydrogen-bond donors (Lipinski definition) is 1. The van der Waals surface area contributed by atoms with Gasteiger partial charge in [0.2, 0.25) is 0 Å². The van der Waals surface area contributed by atoms with E-state index in [4.69, 9.17) is 50.0 Å². The fourth-order valence-electron chi connectivity index (χ4n) is 3.53. The zero-order valence-corrected chi connectivity index (χ0v) is 19.7. The summed E-state index contributed by atoms with van der Waals surface area (Å²) in [6, 6.07) is 11.3. The third kappa shape index (κ3) is 5.89. The number of ether oxygens (including phenoxy) is 2. The van der Waals surface area contributed by atoms with E-state index >= 15 is 0 Å². The molecule has 0 radical (unpaired) electrons. The van der Waals surface area contributed by atoms with Gasteiger partial charge in [0.25, 0.3) is 0 Å². The maximum atomic E-state index is 6.46. The van der Waals surface area contributed by atoms with Gasteiger partial charge in [0, 0.05) is 40.2 Å². The van der Waals surface area contributed by atoms with Crippen LogP contribution >= 0.6 is 46.6 Å². The first-order chi connectivity index (χ1) is 14.9. The summed E-state index contributed by atoms with van der Waals surface area (Å²) in [4.78, 5) is 4.94. The summed E-state index contributed by atoms with van der Waals surface area (Å²) in [7, 11) is 0. The molecule has 2 unspecified atom stereocenters. The molecule has 1 aliphatic rings. The molecule has 9 heteroatoms. The van der Waals surface area contributed by atoms with Crippen molar-refractivity contribution in [3.63, 3.8) is 0 Å². The third-order valence-corrected chi connectivity index (χ3v) is 7.38. The first-order valence-electron chi connectivity index (χ1n) is 9.82. The summed E-state index contributed by atoms with van der Waals surface area (Å²) in [6.07, 6.45) is 6.85. The molecular formula is C22H22Cl3N3O2S. The van der Waals surface area contributed by atoms with Crippen LogP contribution in [0.4, 0.5) is 5.69 Å². The molecule has 0 saturated carbocycles. The van der Waals surface area contributed by atoms with Crippen molar-refractivity contribution in [2.45, 2.75) is 36.2 Å². The second-order valence-electron chi connectivity index (χ2n) is 7.45. The molecule has 164 valence electrons. The van der Waals surface area contributed by atoms with E-state index in [9.17, 15) is 0 Å². The number of benzene rings is 2. The van der Waals surface area contributed by atoms with Crippen LogP contribution in [0.1, 0.15) is 12.0 Å². The van der Waals surface area contributed by atoms with Crippen molar-refractivity contribution < 1.29 is 9.47 Å². The van der Waals surface area contributed by atoms with Crippen molar-refractivity contribution in [3.05, 3.63) is 75.8 Å². The molecule has 3 aromatic rings. The fourth-order valence-corrected chi connectivity index (χ4v) is 5.40. The van der Waals surface area contributed by atoms with Crippen LogP contribution in [-0.2, 0) is 22.4 Å². The van der Waals surface area contributed by atoms with Crippen LogP contribution in [-0.4, -0.2) is 33.8 Å². The second kappa shape index (κ2) is 10.0. The Morgan fingerprint density at radius 1 is 1.16 bits per heavy atom. The lowest BCUT2D eigenvalue weighted by atomic mass is 10.0. The van der Waals surface area contributed by atoms with Crippen LogP contribution in [0.3, 0.4) is 0 Å². The Kier molecular flexibility index (Phi) is 7.37. The number of aromatic nitrogens is 2. The Hall–Kier alpha value is -1.41. The monoisotopic (exact) mass is 497 g/mol. The predicted molar refractivity (Wildman–Crippen MR) is 127 cm³/mol. The summed E-state index contributed by atoms with van der Waals surface area (Å²) in [6.45, 7) is 1.05. The van der Waals surface area contributed by atoms with Gasteiger partial charge in [-0.15, -0.1) is 11.8 Å². The Bertz CT molecular complexity index is 994. The minimum atomic E-state index is -0.736. The van der Waals surface area contributed by atoms with Crippen molar-refractivity contribution in [2.75, 3.05) is 18.1 Å². The first-order valence-corrected chi connectivity index (χ1v) is 11.9. The first kappa shape index (κ1) is 22.8. The minimum absolute atomic E-state index is 0.0941. The maximum Gasteiger partial charge on any atom is 0.187 e. The molecule has 0 aliphatic carbocycles. The quantitative estimate of drug-likeness (QED) is 0.306. The fraction of sp³-hybridized carbons (Fsp3) is 0.318. The minimum Gasteiger partial charge on any atom is -0.399 e. The Morgan fingerprint density at radius 3 is 2.58 bits per heavy atom. The highest BCUT2D eigenvalue weighted by Gasteiger charge is 2.41. The zero-order valence-electron chi connectivity index (χ0n) is 16.6. The van der Waals surface area contributed by atoms with Gasteiger partial charge in [0.1, 0.15) is 0 Å². The number of nitrogens with zero attached hydrogens (tertiary/aromatic N) is 2. The number of hydrogen-bond acceptors (Lipinski definition) is 5. The molecule has 2 N–H and O–H groups in total. The number of nitrogens with two attached hydrogens (primary N) is 1. The number of anilines is 1. The Balaban J connectivity index is 1.43. The number of aryl methyl sites for hydroxylation is 1. The van der Waals surface area contributed by atoms with Gasteiger partial charge in [-0.3, -0.25) is 0 Å². The molecule has 0 spiro atoms. The van der Waals surface area contributed by atoms with E-state index in [1.54, 1.807) is 36.4 Å². The topological polar surface area (TPSA) is 62.3 Å². The highest BCUT2D eigenvalue weighted by atomic mass is 35.5. The largest absolute Gasteiger partial charge is 0.399 e. The van der Waals surface area contributed by atoms with Gasteiger partial charge >= 0.3 is 0 Å². The van der Waals surface area contributed by atoms with Crippen LogP contribution < -0.4 is 5.73 Å². The second-order valence-corrected chi connectivity index (χ2v) is 9.73. The molecule has 0 bridgehead atoms. The summed E-state index contributed by atoms with van der Waals surface area (Å²) in [5.41, 5.74) is 7.52. The number of thioether (sulfide) groups is 1. The summed E-state index contributed by atoms with van der Waals surface area (Å²) in [5.74, 6) is -0.0732. The molecule has 1 fully saturated rings. The van der Waals surface area contributed by atoms with Crippen LogP contribution in [0.25, 0.3) is 0 Å². The van der Waals surface area contributed by atoms with Gasteiger partial charge in [-0.05, 0) is 36.2 Å². The predicted octanol–water partition coefficient (Wildman–Crippen LogP) is 5.96. The van der Waals surface area contributed by atoms with E-state index in [2.05, 4.69) is 4.98 Å². The standard InChI is InChI=1S/C22H22Cl3N3O2S/c23-16-3-1-15(2-4-16)5-6-22(13-28-8-7-27-14-28)29-11-18(30-22)12-31-21-19(24)9-17(26)10-20(21)25/h1-4,7-10,14,18H,5-6,11-13,26H2. The molecule has 31 heavy (non-hydrogen) atoms. The summed E-state index contributed by atoms with van der Waals surface area (Å²) >= 11 is 20.2. The summed E-state index contributed by atoms with van der Waals surface area (Å²) < 4.78 is 14.7. The van der Waals surface area contributed by atoms with Crippen molar-refractivity contribution >= 4 is 52.3 Å². The molecule has 2 aromatic carbocycles. The molecule has 4 rings (SSSR count). The molecule has 2 atom stereocenters. The van der Waals surface area contributed by atoms with Crippen molar-refractivity contribution in [1.82, 2.24) is 9.55 Å². The van der Waals surface area contributed by atoms with E-state index in [-0.39, 0.29) is 6.10 Å². The molecule has 1 saturated heterocycles. The summed E-state index contributed by atoms with van der Waals surface area (Å²) in [5, 5.41) is 1.81. The van der Waals surface area contributed by atoms with E-state index in [1.807, 2.05) is 35.0 Å². The van der Waals surface area contributed by atoms with E-state index in [1.165, 1.54) is 5.56 Å². The smallest absolute Gasteiger partial charge is 0.187 e. The van der Waals surface area contributed by atoms with Gasteiger partial charge < -0.3 is 19.8 Å². The van der Waals surface area contributed by atoms with Crippen LogP contribution in [0.2, 0.25) is 15.1 Å². The van der Waals surface area contributed by atoms with Gasteiger partial charge in [-0.2, -0.15) is 0 Å². The molecule has 1 aromatic heterocycles. The van der Waals surface area contributed by atoms with Gasteiger partial charge in [0.15, 0.2) is 5.79 Å². The zero-order chi connectivity index (χ0) is 21.8. The SMILES string of the molecule is Nc1cc(Cl)c(SCC2COC(CCc3ccc(Cl)cc3)(Cn3ccnc3)O2)c(Cl)c1. The number of nitrogen functional groups attached to an aromatic ring is 1. The molecule has 5 nitrogen and oxygen atoms in total. The van der Waals surface area contributed by atoms with E-state index < -0.39 is 5.79 Å². The Morgan fingerprint density at radius 2 is 1.90 bits per heavy atom. The van der Waals surface area contributed by atoms with Crippen molar-refractivity contribution in [1.29, 1.82) is 0 Å². The van der Waals surface area contributed by atoms with Gasteiger partial charge in [-0.1, -0.05) is 46.9 Å². The van der Waals surface area contributed by atoms with Gasteiger partial charge in [-0.25, -0.2) is 4.98 Å². The van der Waals surface area contributed by atoms with Gasteiger partial charge in [0.05, 0.1) is 35.6 Å². The molecule has 2 heterocycles. The maximum absolute atomic E-state index is 6.46. The number of imidazole rings is 1. The average Bonchev–Trinajstić information content (AvgIpc) is 3.37. The van der Waals surface area contributed by atoms with Crippen LogP contribution in [0.5, 0.6) is 0 Å². The van der Waals surface area contributed by atoms with Crippen LogP contribution in [0.15, 0.2) is 60.0 Å².